The maximum Gasteiger partial charge on any atom is 0.417 e. The average Bonchev–Trinajstić information content (AvgIpc) is 2.42. The van der Waals surface area contributed by atoms with E-state index in [0.29, 0.717) is 12.8 Å². The highest BCUT2D eigenvalue weighted by molar-refractivity contribution is 5.79. The first-order valence-electron chi connectivity index (χ1n) is 6.37. The van der Waals surface area contributed by atoms with Crippen LogP contribution < -0.4 is 4.90 Å². The third-order valence-corrected chi connectivity index (χ3v) is 2.86. The predicted octanol–water partition coefficient (Wildman–Crippen LogP) is 2.70. The summed E-state index contributed by atoms with van der Waals surface area (Å²) >= 11 is 0. The van der Waals surface area contributed by atoms with Crippen LogP contribution in [0.2, 0.25) is 0 Å². The lowest BCUT2D eigenvalue weighted by Crippen LogP contribution is -2.29. The molecule has 0 aromatic carbocycles. The van der Waals surface area contributed by atoms with E-state index in [1.165, 1.54) is 0 Å². The fraction of sp³-hybridized carbons (Fsp3) is 0.538. The minimum Gasteiger partial charge on any atom is -0.395 e. The van der Waals surface area contributed by atoms with Crippen molar-refractivity contribution in [2.24, 2.45) is 0 Å². The predicted molar refractivity (Wildman–Crippen MR) is 71.3 cm³/mol. The highest BCUT2D eigenvalue weighted by Gasteiger charge is 2.34. The number of rotatable bonds is 7. The molecule has 1 rings (SSSR count). The normalized spacial score (nSPS) is 11.4. The van der Waals surface area contributed by atoms with Crippen LogP contribution in [0.5, 0.6) is 0 Å². The van der Waals surface area contributed by atoms with E-state index in [1.54, 1.807) is 4.90 Å². The quantitative estimate of drug-likeness (QED) is 0.759. The summed E-state index contributed by atoms with van der Waals surface area (Å²) in [5.41, 5.74) is -1.14. The Bertz CT molecular complexity index is 449. The molecular weight excluding hydrogens is 271 g/mol. The van der Waals surface area contributed by atoms with Gasteiger partial charge in [-0.2, -0.15) is 13.2 Å². The number of halogens is 3. The Labute approximate surface area is 115 Å². The fourth-order valence-electron chi connectivity index (χ4n) is 1.80. The van der Waals surface area contributed by atoms with E-state index >= 15 is 0 Å². The minimum absolute atomic E-state index is 0.154. The van der Waals surface area contributed by atoms with Crippen molar-refractivity contribution in [1.82, 2.24) is 4.98 Å². The van der Waals surface area contributed by atoms with Crippen LogP contribution in [0, 0.1) is 5.41 Å². The van der Waals surface area contributed by atoms with Gasteiger partial charge in [0.1, 0.15) is 5.82 Å². The molecule has 0 aliphatic heterocycles. The van der Waals surface area contributed by atoms with Gasteiger partial charge in [0.15, 0.2) is 0 Å². The number of nitrogens with zero attached hydrogens (tertiary/aromatic N) is 2. The molecule has 1 aromatic heterocycles. The molecule has 0 radical (unpaired) electrons. The molecule has 4 nitrogen and oxygen atoms in total. The Morgan fingerprint density at radius 2 is 2.10 bits per heavy atom. The van der Waals surface area contributed by atoms with Gasteiger partial charge in [0, 0.05) is 31.1 Å². The van der Waals surface area contributed by atoms with Gasteiger partial charge in [0.2, 0.25) is 0 Å². The Hall–Kier alpha value is -1.63. The third kappa shape index (κ3) is 4.19. The van der Waals surface area contributed by atoms with Gasteiger partial charge in [-0.15, -0.1) is 0 Å². The summed E-state index contributed by atoms with van der Waals surface area (Å²) in [6, 6.07) is 0.936. The van der Waals surface area contributed by atoms with Gasteiger partial charge in [0.05, 0.1) is 12.2 Å². The summed E-state index contributed by atoms with van der Waals surface area (Å²) < 4.78 is 38.8. The number of unbranched alkanes of at least 4 members (excludes halogenated alkanes) is 1. The molecule has 0 amide bonds. The topological polar surface area (TPSA) is 60.2 Å². The minimum atomic E-state index is -4.53. The fourth-order valence-corrected chi connectivity index (χ4v) is 1.80. The molecule has 0 atom stereocenters. The Balaban J connectivity index is 3.13. The molecule has 0 spiro atoms. The van der Waals surface area contributed by atoms with E-state index in [4.69, 9.17) is 10.5 Å². The Kier molecular flexibility index (Phi) is 5.94. The van der Waals surface area contributed by atoms with E-state index < -0.39 is 11.7 Å². The van der Waals surface area contributed by atoms with Crippen LogP contribution in [-0.2, 0) is 6.18 Å². The standard InChI is InChI=1S/C13H18F3N3O/c1-2-3-4-19(5-6-20)12-7-11(13(14,15)16)10(8-17)9-18-12/h7-9,17,20H,2-6H2,1H3. The summed E-state index contributed by atoms with van der Waals surface area (Å²) in [5, 5.41) is 16.0. The van der Waals surface area contributed by atoms with Crippen LogP contribution in [0.4, 0.5) is 19.0 Å². The van der Waals surface area contributed by atoms with E-state index in [1.807, 2.05) is 6.92 Å². The summed E-state index contributed by atoms with van der Waals surface area (Å²) in [4.78, 5) is 5.58. The molecule has 0 aliphatic rings. The van der Waals surface area contributed by atoms with Crippen molar-refractivity contribution in [3.8, 4) is 0 Å². The lowest BCUT2D eigenvalue weighted by Gasteiger charge is -2.24. The highest BCUT2D eigenvalue weighted by Crippen LogP contribution is 2.33. The van der Waals surface area contributed by atoms with Crippen molar-refractivity contribution < 1.29 is 18.3 Å². The number of aromatic nitrogens is 1. The number of alkyl halides is 3. The monoisotopic (exact) mass is 289 g/mol. The molecule has 0 fully saturated rings. The van der Waals surface area contributed by atoms with Crippen molar-refractivity contribution in [2.75, 3.05) is 24.6 Å². The van der Waals surface area contributed by atoms with Crippen LogP contribution in [0.3, 0.4) is 0 Å². The van der Waals surface area contributed by atoms with E-state index in [0.717, 1.165) is 25.1 Å². The highest BCUT2D eigenvalue weighted by atomic mass is 19.4. The zero-order valence-corrected chi connectivity index (χ0v) is 11.2. The largest absolute Gasteiger partial charge is 0.417 e. The number of aliphatic hydroxyl groups is 1. The Morgan fingerprint density at radius 3 is 2.60 bits per heavy atom. The first kappa shape index (κ1) is 16.4. The summed E-state index contributed by atoms with van der Waals surface area (Å²) in [7, 11) is 0. The second-order valence-electron chi connectivity index (χ2n) is 4.34. The molecule has 0 bridgehead atoms. The van der Waals surface area contributed by atoms with Gasteiger partial charge in [-0.1, -0.05) is 13.3 Å². The van der Waals surface area contributed by atoms with E-state index in [9.17, 15) is 13.2 Å². The average molecular weight is 289 g/mol. The summed E-state index contributed by atoms with van der Waals surface area (Å²) in [5.74, 6) is 0.172. The van der Waals surface area contributed by atoms with Crippen molar-refractivity contribution in [3.05, 3.63) is 23.4 Å². The summed E-state index contributed by atoms with van der Waals surface area (Å²) in [6.45, 7) is 2.59. The van der Waals surface area contributed by atoms with Crippen LogP contribution in [0.15, 0.2) is 12.3 Å². The van der Waals surface area contributed by atoms with Crippen LogP contribution in [-0.4, -0.2) is 36.0 Å². The molecule has 0 saturated heterocycles. The molecule has 112 valence electrons. The first-order chi connectivity index (χ1) is 9.43. The van der Waals surface area contributed by atoms with Crippen molar-refractivity contribution >= 4 is 12.0 Å². The maximum atomic E-state index is 12.9. The zero-order valence-electron chi connectivity index (χ0n) is 11.2. The van der Waals surface area contributed by atoms with Crippen molar-refractivity contribution in [2.45, 2.75) is 25.9 Å². The SMILES string of the molecule is CCCCN(CCO)c1cc(C(F)(F)F)c(C=N)cn1. The molecule has 7 heteroatoms. The van der Waals surface area contributed by atoms with Gasteiger partial charge in [-0.05, 0) is 12.5 Å². The van der Waals surface area contributed by atoms with Crippen molar-refractivity contribution in [3.63, 3.8) is 0 Å². The van der Waals surface area contributed by atoms with Crippen LogP contribution in [0.25, 0.3) is 0 Å². The van der Waals surface area contributed by atoms with Gasteiger partial charge in [0.25, 0.3) is 0 Å². The smallest absolute Gasteiger partial charge is 0.395 e. The van der Waals surface area contributed by atoms with Crippen LogP contribution in [0.1, 0.15) is 30.9 Å². The zero-order chi connectivity index (χ0) is 15.2. The molecule has 1 heterocycles. The number of anilines is 1. The number of hydrogen-bond donors (Lipinski definition) is 2. The van der Waals surface area contributed by atoms with Crippen LogP contribution >= 0.6 is 0 Å². The van der Waals surface area contributed by atoms with E-state index in [-0.39, 0.29) is 24.5 Å². The van der Waals surface area contributed by atoms with Gasteiger partial charge in [-0.3, -0.25) is 0 Å². The molecule has 0 unspecified atom stereocenters. The lowest BCUT2D eigenvalue weighted by molar-refractivity contribution is -0.137. The molecule has 0 saturated carbocycles. The number of aliphatic hydroxyl groups excluding tert-OH is 1. The second kappa shape index (κ2) is 7.23. The van der Waals surface area contributed by atoms with Gasteiger partial charge < -0.3 is 15.4 Å². The first-order valence-corrected chi connectivity index (χ1v) is 6.37. The number of hydrogen-bond acceptors (Lipinski definition) is 4. The second-order valence-corrected chi connectivity index (χ2v) is 4.34. The molecule has 0 aliphatic carbocycles. The lowest BCUT2D eigenvalue weighted by atomic mass is 10.1. The summed E-state index contributed by atoms with van der Waals surface area (Å²) in [6.07, 6.45) is -1.15. The van der Waals surface area contributed by atoms with E-state index in [2.05, 4.69) is 4.98 Å². The van der Waals surface area contributed by atoms with Gasteiger partial charge >= 0.3 is 6.18 Å². The maximum absolute atomic E-state index is 12.9. The third-order valence-electron chi connectivity index (χ3n) is 2.86. The van der Waals surface area contributed by atoms with Gasteiger partial charge in [-0.25, -0.2) is 4.98 Å². The molecular formula is C13H18F3N3O. The molecule has 20 heavy (non-hydrogen) atoms. The number of nitrogens with one attached hydrogen (secondary N) is 1. The number of pyridine rings is 1. The van der Waals surface area contributed by atoms with Crippen molar-refractivity contribution in [1.29, 1.82) is 5.41 Å². The molecule has 1 aromatic rings. The Morgan fingerprint density at radius 1 is 1.40 bits per heavy atom. The molecule has 2 N–H and O–H groups in total.